The summed E-state index contributed by atoms with van der Waals surface area (Å²) < 4.78 is 0. The normalized spacial score (nSPS) is 19.1. The summed E-state index contributed by atoms with van der Waals surface area (Å²) in [5.41, 5.74) is 3.75. The first-order chi connectivity index (χ1) is 9.43. The minimum atomic E-state index is -0.319. The maximum atomic E-state index is 10.8. The van der Waals surface area contributed by atoms with Crippen LogP contribution in [0.3, 0.4) is 0 Å². The van der Waals surface area contributed by atoms with E-state index in [4.69, 9.17) is 0 Å². The molecule has 1 aromatic rings. The standard InChI is InChI=1S/C18H29NO/c1-14-9-8-10-15(2)16(14)13-17(20)18(3,4)19-11-6-5-7-12-19/h8-10,17,20H,5-7,11-13H2,1-4H3. The van der Waals surface area contributed by atoms with E-state index in [-0.39, 0.29) is 11.6 Å². The van der Waals surface area contributed by atoms with Gasteiger partial charge in [-0.05, 0) is 70.3 Å². The van der Waals surface area contributed by atoms with Crippen molar-refractivity contribution in [3.63, 3.8) is 0 Å². The summed E-state index contributed by atoms with van der Waals surface area (Å²) >= 11 is 0. The van der Waals surface area contributed by atoms with Gasteiger partial charge >= 0.3 is 0 Å². The molecule has 1 aromatic carbocycles. The molecule has 20 heavy (non-hydrogen) atoms. The molecule has 0 spiro atoms. The third-order valence-corrected chi connectivity index (χ3v) is 5.03. The Bertz CT molecular complexity index is 426. The van der Waals surface area contributed by atoms with Crippen LogP contribution >= 0.6 is 0 Å². The number of aryl methyl sites for hydroxylation is 2. The highest BCUT2D eigenvalue weighted by Gasteiger charge is 2.35. The van der Waals surface area contributed by atoms with Crippen LogP contribution in [0.25, 0.3) is 0 Å². The first-order valence-corrected chi connectivity index (χ1v) is 7.91. The maximum Gasteiger partial charge on any atom is 0.0758 e. The van der Waals surface area contributed by atoms with E-state index >= 15 is 0 Å². The van der Waals surface area contributed by atoms with E-state index in [2.05, 4.69) is 50.8 Å². The Morgan fingerprint density at radius 2 is 1.65 bits per heavy atom. The van der Waals surface area contributed by atoms with E-state index < -0.39 is 0 Å². The predicted molar refractivity (Wildman–Crippen MR) is 85.1 cm³/mol. The zero-order valence-corrected chi connectivity index (χ0v) is 13.4. The van der Waals surface area contributed by atoms with E-state index in [0.29, 0.717) is 0 Å². The molecule has 1 saturated heterocycles. The fourth-order valence-corrected chi connectivity index (χ4v) is 3.30. The van der Waals surface area contributed by atoms with Gasteiger partial charge in [0.1, 0.15) is 0 Å². The molecule has 2 nitrogen and oxygen atoms in total. The molecule has 2 rings (SSSR count). The molecule has 0 aromatic heterocycles. The molecule has 1 atom stereocenters. The average Bonchev–Trinajstić information content (AvgIpc) is 2.43. The van der Waals surface area contributed by atoms with Gasteiger partial charge in [0.25, 0.3) is 0 Å². The molecule has 2 heteroatoms. The van der Waals surface area contributed by atoms with Crippen molar-refractivity contribution in [1.82, 2.24) is 4.90 Å². The van der Waals surface area contributed by atoms with E-state index in [1.165, 1.54) is 36.0 Å². The number of benzene rings is 1. The predicted octanol–water partition coefficient (Wildman–Crippen LogP) is 3.47. The first-order valence-electron chi connectivity index (χ1n) is 7.91. The number of hydrogen-bond donors (Lipinski definition) is 1. The molecule has 1 fully saturated rings. The third kappa shape index (κ3) is 3.24. The number of nitrogens with zero attached hydrogens (tertiary/aromatic N) is 1. The van der Waals surface area contributed by atoms with Crippen LogP contribution in [0.4, 0.5) is 0 Å². The van der Waals surface area contributed by atoms with Crippen molar-refractivity contribution in [3.05, 3.63) is 34.9 Å². The van der Waals surface area contributed by atoms with Gasteiger partial charge in [0, 0.05) is 12.0 Å². The molecule has 1 aliphatic heterocycles. The van der Waals surface area contributed by atoms with Crippen LogP contribution in [-0.4, -0.2) is 34.7 Å². The molecule has 0 bridgehead atoms. The highest BCUT2D eigenvalue weighted by molar-refractivity contribution is 5.34. The van der Waals surface area contributed by atoms with Gasteiger partial charge in [-0.3, -0.25) is 4.90 Å². The SMILES string of the molecule is Cc1cccc(C)c1CC(O)C(C)(C)N1CCCCC1. The van der Waals surface area contributed by atoms with Gasteiger partial charge in [0.05, 0.1) is 6.10 Å². The first kappa shape index (κ1) is 15.5. The van der Waals surface area contributed by atoms with Gasteiger partial charge in [-0.2, -0.15) is 0 Å². The van der Waals surface area contributed by atoms with Crippen molar-refractivity contribution >= 4 is 0 Å². The molecule has 0 aliphatic carbocycles. The van der Waals surface area contributed by atoms with Crippen LogP contribution in [-0.2, 0) is 6.42 Å². The molecule has 0 saturated carbocycles. The smallest absolute Gasteiger partial charge is 0.0758 e. The van der Waals surface area contributed by atoms with Crippen LogP contribution in [0.2, 0.25) is 0 Å². The summed E-state index contributed by atoms with van der Waals surface area (Å²) in [6.45, 7) is 10.9. The number of piperidine rings is 1. The molecule has 1 heterocycles. The number of aliphatic hydroxyl groups excluding tert-OH is 1. The summed E-state index contributed by atoms with van der Waals surface area (Å²) in [4.78, 5) is 2.47. The highest BCUT2D eigenvalue weighted by atomic mass is 16.3. The largest absolute Gasteiger partial charge is 0.391 e. The van der Waals surface area contributed by atoms with E-state index in [1.54, 1.807) is 0 Å². The molecule has 0 radical (unpaired) electrons. The molecule has 1 unspecified atom stereocenters. The van der Waals surface area contributed by atoms with Gasteiger partial charge in [0.2, 0.25) is 0 Å². The van der Waals surface area contributed by atoms with Gasteiger partial charge in [-0.15, -0.1) is 0 Å². The second-order valence-electron chi connectivity index (χ2n) is 6.79. The van der Waals surface area contributed by atoms with Crippen LogP contribution in [0, 0.1) is 13.8 Å². The van der Waals surface area contributed by atoms with E-state index in [1.807, 2.05) is 0 Å². The molecule has 112 valence electrons. The Labute approximate surface area is 123 Å². The van der Waals surface area contributed by atoms with Gasteiger partial charge in [-0.25, -0.2) is 0 Å². The van der Waals surface area contributed by atoms with Crippen LogP contribution in [0.5, 0.6) is 0 Å². The van der Waals surface area contributed by atoms with Crippen molar-refractivity contribution < 1.29 is 5.11 Å². The zero-order valence-electron chi connectivity index (χ0n) is 13.4. The average molecular weight is 275 g/mol. The summed E-state index contributed by atoms with van der Waals surface area (Å²) in [5.74, 6) is 0. The Kier molecular flexibility index (Phi) is 4.87. The lowest BCUT2D eigenvalue weighted by atomic mass is 9.86. The van der Waals surface area contributed by atoms with Gasteiger partial charge < -0.3 is 5.11 Å². The number of rotatable bonds is 4. The van der Waals surface area contributed by atoms with E-state index in [0.717, 1.165) is 19.5 Å². The summed E-state index contributed by atoms with van der Waals surface area (Å²) in [6.07, 6.45) is 4.29. The van der Waals surface area contributed by atoms with Crippen molar-refractivity contribution in [2.45, 2.75) is 65.0 Å². The quantitative estimate of drug-likeness (QED) is 0.909. The lowest BCUT2D eigenvalue weighted by molar-refractivity contribution is -0.0188. The second-order valence-corrected chi connectivity index (χ2v) is 6.79. The van der Waals surface area contributed by atoms with Crippen molar-refractivity contribution in [2.24, 2.45) is 0 Å². The third-order valence-electron chi connectivity index (χ3n) is 5.03. The Morgan fingerprint density at radius 1 is 1.10 bits per heavy atom. The topological polar surface area (TPSA) is 23.5 Å². The van der Waals surface area contributed by atoms with Gasteiger partial charge in [0.15, 0.2) is 0 Å². The highest BCUT2D eigenvalue weighted by Crippen LogP contribution is 2.27. The monoisotopic (exact) mass is 275 g/mol. The Morgan fingerprint density at radius 3 is 2.20 bits per heavy atom. The van der Waals surface area contributed by atoms with E-state index in [9.17, 15) is 5.11 Å². The number of aliphatic hydroxyl groups is 1. The van der Waals surface area contributed by atoms with Crippen LogP contribution < -0.4 is 0 Å². The molecule has 1 N–H and O–H groups in total. The van der Waals surface area contributed by atoms with Crippen LogP contribution in [0.15, 0.2) is 18.2 Å². The lowest BCUT2D eigenvalue weighted by Crippen LogP contribution is -2.54. The Balaban J connectivity index is 2.12. The molecular formula is C18H29NO. The molecule has 1 aliphatic rings. The minimum absolute atomic E-state index is 0.144. The maximum absolute atomic E-state index is 10.8. The summed E-state index contributed by atoms with van der Waals surface area (Å²) in [6, 6.07) is 6.38. The van der Waals surface area contributed by atoms with Crippen molar-refractivity contribution in [2.75, 3.05) is 13.1 Å². The number of likely N-dealkylation sites (tertiary alicyclic amines) is 1. The Hall–Kier alpha value is -0.860. The molecular weight excluding hydrogens is 246 g/mol. The number of hydrogen-bond acceptors (Lipinski definition) is 2. The van der Waals surface area contributed by atoms with Crippen molar-refractivity contribution in [1.29, 1.82) is 0 Å². The summed E-state index contributed by atoms with van der Waals surface area (Å²) in [7, 11) is 0. The fourth-order valence-electron chi connectivity index (χ4n) is 3.30. The van der Waals surface area contributed by atoms with Gasteiger partial charge in [-0.1, -0.05) is 24.6 Å². The zero-order chi connectivity index (χ0) is 14.8. The summed E-state index contributed by atoms with van der Waals surface area (Å²) in [5, 5.41) is 10.8. The minimum Gasteiger partial charge on any atom is -0.391 e. The van der Waals surface area contributed by atoms with Crippen LogP contribution in [0.1, 0.15) is 49.8 Å². The second kappa shape index (κ2) is 6.28. The molecule has 0 amide bonds. The fraction of sp³-hybridized carbons (Fsp3) is 0.667. The lowest BCUT2D eigenvalue weighted by Gasteiger charge is -2.44. The van der Waals surface area contributed by atoms with Crippen molar-refractivity contribution in [3.8, 4) is 0 Å².